The van der Waals surface area contributed by atoms with E-state index in [0.717, 1.165) is 102 Å². The summed E-state index contributed by atoms with van der Waals surface area (Å²) in [5, 5.41) is 10.7. The van der Waals surface area contributed by atoms with Crippen LogP contribution in [0.1, 0.15) is 478 Å². The molecule has 19 heteroatoms. The Kier molecular flexibility index (Phi) is 78.8. The molecule has 0 aromatic carbocycles. The van der Waals surface area contributed by atoms with Gasteiger partial charge in [-0.1, -0.05) is 427 Å². The highest BCUT2D eigenvalue weighted by molar-refractivity contribution is 7.47. The lowest BCUT2D eigenvalue weighted by Gasteiger charge is -2.21. The molecule has 0 bridgehead atoms. The number of carbonyl (C=O) groups excluding carboxylic acids is 4. The quantitative estimate of drug-likeness (QED) is 0.0222. The maximum Gasteiger partial charge on any atom is 0.472 e. The van der Waals surface area contributed by atoms with Crippen molar-refractivity contribution in [2.45, 2.75) is 496 Å². The number of ether oxygens (including phenoxy) is 4. The zero-order valence-electron chi connectivity index (χ0n) is 71.2. The summed E-state index contributed by atoms with van der Waals surface area (Å²) in [6.45, 7) is 9.76. The molecular formula is C89H174O17P2. The third-order valence-corrected chi connectivity index (χ3v) is 22.9. The zero-order chi connectivity index (χ0) is 79.2. The van der Waals surface area contributed by atoms with E-state index in [2.05, 4.69) is 41.5 Å². The molecule has 0 rings (SSSR count). The predicted molar refractivity (Wildman–Crippen MR) is 446 cm³/mol. The topological polar surface area (TPSA) is 237 Å². The van der Waals surface area contributed by atoms with Gasteiger partial charge in [0.05, 0.1) is 26.4 Å². The first-order valence-electron chi connectivity index (χ1n) is 46.0. The maximum absolute atomic E-state index is 13.2. The Hall–Kier alpha value is -1.94. The number of phosphoric ester groups is 2. The molecule has 0 aromatic rings. The fourth-order valence-electron chi connectivity index (χ4n) is 14.0. The fourth-order valence-corrected chi connectivity index (χ4v) is 15.5. The Morgan fingerprint density at radius 2 is 0.426 bits per heavy atom. The Balaban J connectivity index is 5.22. The highest BCUT2D eigenvalue weighted by Crippen LogP contribution is 2.45. The first kappa shape index (κ1) is 106. The van der Waals surface area contributed by atoms with Crippen molar-refractivity contribution >= 4 is 39.5 Å². The van der Waals surface area contributed by atoms with Crippen LogP contribution < -0.4 is 0 Å². The van der Waals surface area contributed by atoms with E-state index in [1.807, 2.05) is 0 Å². The number of unbranched alkanes of at least 4 members (excludes halogenated alkanes) is 58. The summed E-state index contributed by atoms with van der Waals surface area (Å²) in [5.41, 5.74) is 0. The van der Waals surface area contributed by atoms with Crippen LogP contribution in [0.3, 0.4) is 0 Å². The van der Waals surface area contributed by atoms with Gasteiger partial charge in [-0.25, -0.2) is 9.13 Å². The summed E-state index contributed by atoms with van der Waals surface area (Å²) in [4.78, 5) is 73.3. The first-order chi connectivity index (χ1) is 52.4. The van der Waals surface area contributed by atoms with Crippen molar-refractivity contribution in [3.05, 3.63) is 0 Å². The molecule has 0 saturated heterocycles. The molecule has 5 atom stereocenters. The lowest BCUT2D eigenvalue weighted by Crippen LogP contribution is -2.30. The highest BCUT2D eigenvalue weighted by atomic mass is 31.2. The maximum atomic E-state index is 13.2. The average Bonchev–Trinajstić information content (AvgIpc) is 0.904. The van der Waals surface area contributed by atoms with Gasteiger partial charge in [0, 0.05) is 25.7 Å². The third-order valence-electron chi connectivity index (χ3n) is 21.0. The van der Waals surface area contributed by atoms with E-state index in [-0.39, 0.29) is 25.7 Å². The van der Waals surface area contributed by atoms with Crippen molar-refractivity contribution in [3.8, 4) is 0 Å². The lowest BCUT2D eigenvalue weighted by atomic mass is 10.0. The lowest BCUT2D eigenvalue weighted by molar-refractivity contribution is -0.161. The SMILES string of the molecule is CCCCCCCCCCCCCCCCCC(=O)O[C@H](COC(=O)CCCCCCCCCCCCC)COP(=O)(O)OC[C@H](O)COP(=O)(O)OC[C@@H](COC(=O)CCCCCCCCCCCCCCCCCCCCC(C)C)OC(=O)CCCCCCCCCCCCCCCCCCCCC(C)C. The molecule has 0 fully saturated rings. The van der Waals surface area contributed by atoms with Crippen LogP contribution in [0.2, 0.25) is 0 Å². The van der Waals surface area contributed by atoms with Crippen LogP contribution in [0, 0.1) is 11.8 Å². The van der Waals surface area contributed by atoms with Crippen molar-refractivity contribution in [1.29, 1.82) is 0 Å². The smallest absolute Gasteiger partial charge is 0.462 e. The van der Waals surface area contributed by atoms with Crippen LogP contribution in [0.25, 0.3) is 0 Å². The molecular weight excluding hydrogens is 1400 g/mol. The summed E-state index contributed by atoms with van der Waals surface area (Å²) in [6, 6.07) is 0. The standard InChI is InChI=1S/C89H174O17P2/c1-7-9-11-13-15-17-19-20-29-37-43-49-55-61-67-73-88(93)105-84(77-99-86(91)71-65-59-53-47-39-18-16-14-12-10-8-2)79-103-107(95,96)101-75-83(90)76-102-108(97,98)104-80-85(106-89(94)74-68-62-56-50-44-38-33-28-24-22-26-31-35-41-46-52-58-64-70-82(5)6)78-100-87(92)72-66-60-54-48-42-36-32-27-23-21-25-30-34-40-45-51-57-63-69-81(3)4/h81-85,90H,7-80H2,1-6H3,(H,95,96)(H,97,98)/t83-,84+,85+/m0/s1. The Morgan fingerprint density at radius 3 is 0.630 bits per heavy atom. The minimum Gasteiger partial charge on any atom is -0.462 e. The number of phosphoric acid groups is 2. The molecule has 17 nitrogen and oxygen atoms in total. The van der Waals surface area contributed by atoms with Crippen LogP contribution in [0.5, 0.6) is 0 Å². The second-order valence-electron chi connectivity index (χ2n) is 32.9. The highest BCUT2D eigenvalue weighted by Gasteiger charge is 2.31. The molecule has 0 aliphatic rings. The molecule has 0 spiro atoms. The Bertz CT molecular complexity index is 2060. The minimum absolute atomic E-state index is 0.109. The van der Waals surface area contributed by atoms with Gasteiger partial charge in [0.2, 0.25) is 0 Å². The summed E-state index contributed by atoms with van der Waals surface area (Å²) in [6.07, 6.45) is 73.6. The normalized spacial score (nSPS) is 13.8. The second kappa shape index (κ2) is 80.3. The number of carbonyl (C=O) groups is 4. The van der Waals surface area contributed by atoms with Crippen LogP contribution in [0.15, 0.2) is 0 Å². The molecule has 0 aliphatic heterocycles. The summed E-state index contributed by atoms with van der Waals surface area (Å²) >= 11 is 0. The van der Waals surface area contributed by atoms with Crippen molar-refractivity contribution in [2.75, 3.05) is 39.6 Å². The van der Waals surface area contributed by atoms with Gasteiger partial charge in [0.1, 0.15) is 19.3 Å². The molecule has 3 N–H and O–H groups in total. The second-order valence-corrected chi connectivity index (χ2v) is 35.8. The van der Waals surface area contributed by atoms with Crippen LogP contribution in [0.4, 0.5) is 0 Å². The summed E-state index contributed by atoms with van der Waals surface area (Å²) in [7, 11) is -9.93. The number of aliphatic hydroxyl groups excluding tert-OH is 1. The minimum atomic E-state index is -4.97. The zero-order valence-corrected chi connectivity index (χ0v) is 73.0. The van der Waals surface area contributed by atoms with Gasteiger partial charge in [-0.15, -0.1) is 0 Å². The van der Waals surface area contributed by atoms with E-state index in [4.69, 9.17) is 37.0 Å². The first-order valence-corrected chi connectivity index (χ1v) is 49.0. The molecule has 0 heterocycles. The third kappa shape index (κ3) is 82.1. The summed E-state index contributed by atoms with van der Waals surface area (Å²) in [5.74, 6) is -0.453. The van der Waals surface area contributed by atoms with Crippen molar-refractivity contribution < 1.29 is 80.2 Å². The number of rotatable bonds is 88. The van der Waals surface area contributed by atoms with E-state index in [1.54, 1.807) is 0 Å². The van der Waals surface area contributed by atoms with Gasteiger partial charge in [-0.3, -0.25) is 37.3 Å². The van der Waals surface area contributed by atoms with Gasteiger partial charge in [-0.05, 0) is 37.5 Å². The van der Waals surface area contributed by atoms with Crippen molar-refractivity contribution in [1.82, 2.24) is 0 Å². The molecule has 0 aliphatic carbocycles. The molecule has 2 unspecified atom stereocenters. The van der Waals surface area contributed by atoms with Gasteiger partial charge >= 0.3 is 39.5 Å². The van der Waals surface area contributed by atoms with E-state index in [1.165, 1.54) is 295 Å². The number of esters is 4. The van der Waals surface area contributed by atoms with Crippen molar-refractivity contribution in [2.24, 2.45) is 11.8 Å². The molecule has 0 amide bonds. The summed E-state index contributed by atoms with van der Waals surface area (Å²) < 4.78 is 69.0. The molecule has 108 heavy (non-hydrogen) atoms. The number of aliphatic hydroxyl groups is 1. The average molecular weight is 1580 g/mol. The Morgan fingerprint density at radius 1 is 0.250 bits per heavy atom. The van der Waals surface area contributed by atoms with Crippen LogP contribution >= 0.6 is 15.6 Å². The van der Waals surface area contributed by atoms with Gasteiger partial charge in [0.15, 0.2) is 12.2 Å². The monoisotopic (exact) mass is 1580 g/mol. The number of hydrogen-bond acceptors (Lipinski definition) is 15. The van der Waals surface area contributed by atoms with Gasteiger partial charge in [0.25, 0.3) is 0 Å². The molecule has 0 radical (unpaired) electrons. The van der Waals surface area contributed by atoms with E-state index in [9.17, 15) is 43.2 Å². The number of hydrogen-bond donors (Lipinski definition) is 3. The molecule has 642 valence electrons. The van der Waals surface area contributed by atoms with E-state index >= 15 is 0 Å². The van der Waals surface area contributed by atoms with Gasteiger partial charge < -0.3 is 33.8 Å². The van der Waals surface area contributed by atoms with Crippen LogP contribution in [-0.2, 0) is 65.4 Å². The predicted octanol–water partition coefficient (Wildman–Crippen LogP) is 27.4. The van der Waals surface area contributed by atoms with E-state index in [0.29, 0.717) is 25.7 Å². The van der Waals surface area contributed by atoms with Gasteiger partial charge in [-0.2, -0.15) is 0 Å². The van der Waals surface area contributed by atoms with Crippen molar-refractivity contribution in [3.63, 3.8) is 0 Å². The fraction of sp³-hybridized carbons (Fsp3) is 0.955. The Labute approximate surface area is 664 Å². The molecule has 0 saturated carbocycles. The van der Waals surface area contributed by atoms with E-state index < -0.39 is 97.5 Å². The molecule has 0 aromatic heterocycles. The van der Waals surface area contributed by atoms with Crippen LogP contribution in [-0.4, -0.2) is 96.7 Å². The largest absolute Gasteiger partial charge is 0.472 e.